The number of benzene rings is 2. The summed E-state index contributed by atoms with van der Waals surface area (Å²) < 4.78 is 17.8. The highest BCUT2D eigenvalue weighted by atomic mass is 35.5. The number of methoxy groups -OCH3 is 1. The fraction of sp³-hybridized carbons (Fsp3) is 0.400. The SMILES string of the molecule is CC[C@@H](C)Oc1cc2c(cc1OCCCN(C)C)CC(=O)N(c1ccc(OC)cn1)C2c1ccc(Cl)cc1. The third-order valence-electron chi connectivity index (χ3n) is 6.67. The van der Waals surface area contributed by atoms with Crippen LogP contribution in [0.2, 0.25) is 5.02 Å². The Bertz CT molecular complexity index is 1230. The highest BCUT2D eigenvalue weighted by Gasteiger charge is 2.36. The molecule has 1 amide bonds. The summed E-state index contributed by atoms with van der Waals surface area (Å²) in [5.74, 6) is 2.47. The molecule has 0 saturated heterocycles. The van der Waals surface area contributed by atoms with E-state index in [0.717, 1.165) is 36.1 Å². The van der Waals surface area contributed by atoms with Crippen molar-refractivity contribution in [2.24, 2.45) is 0 Å². The van der Waals surface area contributed by atoms with Crippen molar-refractivity contribution < 1.29 is 19.0 Å². The Balaban J connectivity index is 1.80. The molecule has 2 heterocycles. The van der Waals surface area contributed by atoms with E-state index < -0.39 is 6.04 Å². The molecule has 0 saturated carbocycles. The van der Waals surface area contributed by atoms with Gasteiger partial charge in [-0.05, 0) is 86.9 Å². The van der Waals surface area contributed by atoms with Crippen molar-refractivity contribution in [1.82, 2.24) is 9.88 Å². The van der Waals surface area contributed by atoms with E-state index in [-0.39, 0.29) is 18.4 Å². The van der Waals surface area contributed by atoms with Crippen LogP contribution in [0, 0.1) is 0 Å². The zero-order valence-corrected chi connectivity index (χ0v) is 23.5. The minimum atomic E-state index is -0.411. The van der Waals surface area contributed by atoms with Crippen LogP contribution in [0.4, 0.5) is 5.82 Å². The van der Waals surface area contributed by atoms with Crippen LogP contribution in [0.5, 0.6) is 17.2 Å². The molecular weight excluding hydrogens is 502 g/mol. The molecule has 202 valence electrons. The lowest BCUT2D eigenvalue weighted by molar-refractivity contribution is -0.118. The molecule has 1 unspecified atom stereocenters. The summed E-state index contributed by atoms with van der Waals surface area (Å²) in [5, 5.41) is 0.632. The van der Waals surface area contributed by atoms with Crippen LogP contribution < -0.4 is 19.1 Å². The van der Waals surface area contributed by atoms with Crippen LogP contribution >= 0.6 is 11.6 Å². The molecule has 2 atom stereocenters. The Morgan fingerprint density at radius 1 is 1.13 bits per heavy atom. The van der Waals surface area contributed by atoms with Crippen molar-refractivity contribution in [2.75, 3.05) is 39.3 Å². The van der Waals surface area contributed by atoms with Gasteiger partial charge in [0.25, 0.3) is 0 Å². The van der Waals surface area contributed by atoms with Gasteiger partial charge in [-0.3, -0.25) is 9.69 Å². The number of carbonyl (C=O) groups is 1. The normalized spacial score (nSPS) is 15.8. The fourth-order valence-electron chi connectivity index (χ4n) is 4.49. The number of halogens is 1. The van der Waals surface area contributed by atoms with Crippen molar-refractivity contribution in [3.8, 4) is 17.2 Å². The van der Waals surface area contributed by atoms with Gasteiger partial charge in [0.1, 0.15) is 11.6 Å². The fourth-order valence-corrected chi connectivity index (χ4v) is 4.62. The maximum atomic E-state index is 13.7. The number of nitrogens with zero attached hydrogens (tertiary/aromatic N) is 3. The molecule has 1 aromatic heterocycles. The molecular formula is C30H36ClN3O4. The molecule has 0 spiro atoms. The zero-order chi connectivity index (χ0) is 27.2. The molecule has 38 heavy (non-hydrogen) atoms. The maximum Gasteiger partial charge on any atom is 0.233 e. The quantitative estimate of drug-likeness (QED) is 0.282. The van der Waals surface area contributed by atoms with Gasteiger partial charge in [0.15, 0.2) is 11.5 Å². The number of aromatic nitrogens is 1. The number of hydrogen-bond acceptors (Lipinski definition) is 6. The Labute approximate surface area is 230 Å². The Kier molecular flexibility index (Phi) is 9.13. The molecule has 0 radical (unpaired) electrons. The number of hydrogen-bond donors (Lipinski definition) is 0. The molecule has 0 aliphatic carbocycles. The van der Waals surface area contributed by atoms with Crippen LogP contribution in [0.15, 0.2) is 54.7 Å². The standard InChI is InChI=1S/C30H36ClN3O4/c1-6-20(2)38-27-18-25-22(16-26(27)37-15-7-14-33(3)4)17-29(35)34(28-13-12-24(36-5)19-32-28)30(25)21-8-10-23(31)11-9-21/h8-13,16,18-20,30H,6-7,14-15,17H2,1-5H3/t20-,30?/m1/s1. The van der Waals surface area contributed by atoms with Crippen molar-refractivity contribution in [1.29, 1.82) is 0 Å². The Morgan fingerprint density at radius 2 is 1.89 bits per heavy atom. The van der Waals surface area contributed by atoms with Crippen LogP contribution in [0.3, 0.4) is 0 Å². The van der Waals surface area contributed by atoms with E-state index >= 15 is 0 Å². The molecule has 3 aromatic rings. The predicted octanol–water partition coefficient (Wildman–Crippen LogP) is 5.93. The van der Waals surface area contributed by atoms with Crippen molar-refractivity contribution >= 4 is 23.3 Å². The summed E-state index contributed by atoms with van der Waals surface area (Å²) >= 11 is 6.22. The number of fused-ring (bicyclic) bond motifs is 1. The summed E-state index contributed by atoms with van der Waals surface area (Å²) in [6.07, 6.45) is 3.61. The van der Waals surface area contributed by atoms with Gasteiger partial charge in [0, 0.05) is 11.6 Å². The summed E-state index contributed by atoms with van der Waals surface area (Å²) in [6, 6.07) is 14.8. The number of amides is 1. The number of pyridine rings is 1. The molecule has 2 aromatic carbocycles. The highest BCUT2D eigenvalue weighted by molar-refractivity contribution is 6.30. The largest absolute Gasteiger partial charge is 0.495 e. The summed E-state index contributed by atoms with van der Waals surface area (Å²) in [6.45, 7) is 5.62. The van der Waals surface area contributed by atoms with Crippen molar-refractivity contribution in [2.45, 2.75) is 45.3 Å². The van der Waals surface area contributed by atoms with Crippen LogP contribution in [0.25, 0.3) is 0 Å². The van der Waals surface area contributed by atoms with Gasteiger partial charge in [0.2, 0.25) is 5.91 Å². The first-order valence-electron chi connectivity index (χ1n) is 13.0. The first kappa shape index (κ1) is 27.7. The molecule has 8 heteroatoms. The molecule has 0 fully saturated rings. The van der Waals surface area contributed by atoms with E-state index in [9.17, 15) is 4.79 Å². The van der Waals surface area contributed by atoms with E-state index in [1.54, 1.807) is 18.2 Å². The maximum absolute atomic E-state index is 13.7. The average molecular weight is 538 g/mol. The summed E-state index contributed by atoms with van der Waals surface area (Å²) in [4.78, 5) is 22.1. The number of ether oxygens (including phenoxy) is 3. The molecule has 0 bridgehead atoms. The van der Waals surface area contributed by atoms with Crippen molar-refractivity contribution in [3.63, 3.8) is 0 Å². The minimum Gasteiger partial charge on any atom is -0.495 e. The molecule has 1 aliphatic rings. The monoisotopic (exact) mass is 537 g/mol. The third kappa shape index (κ3) is 6.40. The van der Waals surface area contributed by atoms with E-state index in [1.165, 1.54) is 0 Å². The smallest absolute Gasteiger partial charge is 0.233 e. The summed E-state index contributed by atoms with van der Waals surface area (Å²) in [5.41, 5.74) is 2.82. The van der Waals surface area contributed by atoms with Gasteiger partial charge in [0.05, 0.1) is 38.5 Å². The van der Waals surface area contributed by atoms with Gasteiger partial charge >= 0.3 is 0 Å². The second kappa shape index (κ2) is 12.5. The molecule has 4 rings (SSSR count). The van der Waals surface area contributed by atoms with Crippen LogP contribution in [-0.2, 0) is 11.2 Å². The van der Waals surface area contributed by atoms with Crippen LogP contribution in [0.1, 0.15) is 49.4 Å². The average Bonchev–Trinajstić information content (AvgIpc) is 2.91. The summed E-state index contributed by atoms with van der Waals surface area (Å²) in [7, 11) is 5.68. The lowest BCUT2D eigenvalue weighted by Gasteiger charge is -2.37. The first-order chi connectivity index (χ1) is 18.3. The first-order valence-corrected chi connectivity index (χ1v) is 13.4. The van der Waals surface area contributed by atoms with Gasteiger partial charge in [-0.2, -0.15) is 0 Å². The second-order valence-corrected chi connectivity index (χ2v) is 10.2. The highest BCUT2D eigenvalue weighted by Crippen LogP contribution is 2.43. The zero-order valence-electron chi connectivity index (χ0n) is 22.7. The predicted molar refractivity (Wildman–Crippen MR) is 151 cm³/mol. The third-order valence-corrected chi connectivity index (χ3v) is 6.92. The number of anilines is 1. The molecule has 1 aliphatic heterocycles. The van der Waals surface area contributed by atoms with E-state index in [2.05, 4.69) is 16.8 Å². The molecule has 0 N–H and O–H groups in total. The lowest BCUT2D eigenvalue weighted by Crippen LogP contribution is -2.41. The second-order valence-electron chi connectivity index (χ2n) is 9.79. The van der Waals surface area contributed by atoms with Gasteiger partial charge < -0.3 is 19.1 Å². The molecule has 7 nitrogen and oxygen atoms in total. The van der Waals surface area contributed by atoms with E-state index in [4.69, 9.17) is 25.8 Å². The lowest BCUT2D eigenvalue weighted by atomic mass is 9.87. The topological polar surface area (TPSA) is 64.1 Å². The van der Waals surface area contributed by atoms with Crippen molar-refractivity contribution in [3.05, 3.63) is 76.4 Å². The van der Waals surface area contributed by atoms with Gasteiger partial charge in [-0.25, -0.2) is 4.98 Å². The number of carbonyl (C=O) groups excluding carboxylic acids is 1. The number of rotatable bonds is 11. The van der Waals surface area contributed by atoms with Gasteiger partial charge in [-0.1, -0.05) is 30.7 Å². The minimum absolute atomic E-state index is 0.00994. The van der Waals surface area contributed by atoms with E-state index in [0.29, 0.717) is 34.7 Å². The van der Waals surface area contributed by atoms with Gasteiger partial charge in [-0.15, -0.1) is 0 Å². The Morgan fingerprint density at radius 3 is 2.53 bits per heavy atom. The Hall–Kier alpha value is -3.29. The van der Waals surface area contributed by atoms with E-state index in [1.807, 2.05) is 69.6 Å². The van der Waals surface area contributed by atoms with Crippen LogP contribution in [-0.4, -0.2) is 56.3 Å².